The molecule has 0 unspecified atom stereocenters. The normalized spacial score (nSPS) is 16.6. The minimum absolute atomic E-state index is 1.10. The molecule has 1 aromatic heterocycles. The molecule has 0 radical (unpaired) electrons. The maximum atomic E-state index is 4.26. The lowest BCUT2D eigenvalue weighted by molar-refractivity contribution is 0.711. The van der Waals surface area contributed by atoms with Gasteiger partial charge >= 0.3 is 0 Å². The largest absolute Gasteiger partial charge is 0.316 e. The zero-order chi connectivity index (χ0) is 9.38. The van der Waals surface area contributed by atoms with Crippen molar-refractivity contribution in [2.75, 3.05) is 13.1 Å². The molecule has 14 heavy (non-hydrogen) atoms. The second kappa shape index (κ2) is 3.33. The Labute approximate surface area is 87.1 Å². The van der Waals surface area contributed by atoms with E-state index in [4.69, 9.17) is 0 Å². The van der Waals surface area contributed by atoms with E-state index in [9.17, 15) is 0 Å². The van der Waals surface area contributed by atoms with Crippen LogP contribution in [-0.2, 0) is 12.8 Å². The fraction of sp³-hybridized carbons (Fsp3) is 0.364. The van der Waals surface area contributed by atoms with Crippen LogP contribution in [0.25, 0.3) is 10.1 Å². The summed E-state index contributed by atoms with van der Waals surface area (Å²) < 4.78 is 5.59. The minimum Gasteiger partial charge on any atom is -0.316 e. The summed E-state index contributed by atoms with van der Waals surface area (Å²) in [5.74, 6) is 0. The molecule has 0 bridgehead atoms. The molecule has 2 nitrogen and oxygen atoms in total. The summed E-state index contributed by atoms with van der Waals surface area (Å²) in [6.45, 7) is 2.21. The molecule has 1 aliphatic heterocycles. The van der Waals surface area contributed by atoms with Crippen LogP contribution >= 0.6 is 11.5 Å². The highest BCUT2D eigenvalue weighted by molar-refractivity contribution is 7.13. The van der Waals surface area contributed by atoms with E-state index in [1.54, 1.807) is 11.5 Å². The van der Waals surface area contributed by atoms with Crippen molar-refractivity contribution < 1.29 is 0 Å². The van der Waals surface area contributed by atoms with Gasteiger partial charge in [-0.05, 0) is 54.7 Å². The lowest BCUT2D eigenvalue weighted by Crippen LogP contribution is -2.16. The summed E-state index contributed by atoms with van der Waals surface area (Å²) in [6, 6.07) is 4.47. The Kier molecular flexibility index (Phi) is 2.00. The van der Waals surface area contributed by atoms with E-state index in [-0.39, 0.29) is 0 Å². The lowest BCUT2D eigenvalue weighted by Gasteiger charge is -2.05. The van der Waals surface area contributed by atoms with Crippen LogP contribution in [0.1, 0.15) is 11.1 Å². The zero-order valence-electron chi connectivity index (χ0n) is 7.92. The average Bonchev–Trinajstić information content (AvgIpc) is 2.55. The van der Waals surface area contributed by atoms with Gasteiger partial charge in [0.1, 0.15) is 0 Å². The van der Waals surface area contributed by atoms with Crippen molar-refractivity contribution in [1.82, 2.24) is 9.69 Å². The molecule has 1 N–H and O–H groups in total. The van der Waals surface area contributed by atoms with Gasteiger partial charge in [-0.15, -0.1) is 0 Å². The van der Waals surface area contributed by atoms with Gasteiger partial charge in [0.15, 0.2) is 0 Å². The summed E-state index contributed by atoms with van der Waals surface area (Å²) in [5, 5.41) is 4.81. The molecule has 0 spiro atoms. The van der Waals surface area contributed by atoms with E-state index >= 15 is 0 Å². The third kappa shape index (κ3) is 1.24. The maximum absolute atomic E-state index is 4.26. The Bertz CT molecular complexity index is 461. The van der Waals surface area contributed by atoms with Crippen LogP contribution in [0.2, 0.25) is 0 Å². The number of benzene rings is 1. The second-order valence-electron chi connectivity index (χ2n) is 3.69. The molecule has 3 heteroatoms. The van der Waals surface area contributed by atoms with Crippen LogP contribution in [0.15, 0.2) is 18.3 Å². The number of nitrogens with zero attached hydrogens (tertiary/aromatic N) is 1. The van der Waals surface area contributed by atoms with Crippen molar-refractivity contribution >= 4 is 21.6 Å². The van der Waals surface area contributed by atoms with Gasteiger partial charge in [0.05, 0.1) is 4.70 Å². The highest BCUT2D eigenvalue weighted by Crippen LogP contribution is 2.26. The summed E-state index contributed by atoms with van der Waals surface area (Å²) in [4.78, 5) is 0. The van der Waals surface area contributed by atoms with E-state index < -0.39 is 0 Å². The molecule has 0 saturated heterocycles. The van der Waals surface area contributed by atoms with Crippen molar-refractivity contribution in [3.8, 4) is 0 Å². The third-order valence-corrected chi connectivity index (χ3v) is 3.63. The number of nitrogens with one attached hydrogen (secondary N) is 1. The monoisotopic (exact) mass is 204 g/mol. The highest BCUT2D eigenvalue weighted by atomic mass is 32.1. The van der Waals surface area contributed by atoms with Crippen molar-refractivity contribution in [3.05, 3.63) is 29.5 Å². The summed E-state index contributed by atoms with van der Waals surface area (Å²) in [7, 11) is 0. The Morgan fingerprint density at radius 2 is 2.14 bits per heavy atom. The summed E-state index contributed by atoms with van der Waals surface area (Å²) in [6.07, 6.45) is 4.32. The predicted molar refractivity (Wildman–Crippen MR) is 59.9 cm³/mol. The van der Waals surface area contributed by atoms with Gasteiger partial charge < -0.3 is 5.32 Å². The average molecular weight is 204 g/mol. The third-order valence-electron chi connectivity index (χ3n) is 2.87. The number of rotatable bonds is 0. The molecule has 0 atom stereocenters. The van der Waals surface area contributed by atoms with Crippen molar-refractivity contribution in [1.29, 1.82) is 0 Å². The number of hydrogen-bond acceptors (Lipinski definition) is 3. The smallest absolute Gasteiger partial charge is 0.0552 e. The molecule has 0 saturated carbocycles. The van der Waals surface area contributed by atoms with E-state index in [1.807, 2.05) is 6.20 Å². The van der Waals surface area contributed by atoms with Crippen molar-refractivity contribution in [2.45, 2.75) is 12.8 Å². The zero-order valence-corrected chi connectivity index (χ0v) is 8.73. The van der Waals surface area contributed by atoms with E-state index in [0.717, 1.165) is 25.9 Å². The van der Waals surface area contributed by atoms with Gasteiger partial charge in [-0.3, -0.25) is 0 Å². The maximum Gasteiger partial charge on any atom is 0.0552 e. The number of hydrogen-bond donors (Lipinski definition) is 1. The van der Waals surface area contributed by atoms with Crippen LogP contribution < -0.4 is 5.32 Å². The van der Waals surface area contributed by atoms with Gasteiger partial charge in [0, 0.05) is 11.6 Å². The minimum atomic E-state index is 1.10. The topological polar surface area (TPSA) is 24.9 Å². The lowest BCUT2D eigenvalue weighted by atomic mass is 10.00. The SMILES string of the molecule is c1cc2sncc2c2c1CCNCC2. The van der Waals surface area contributed by atoms with E-state index in [0.29, 0.717) is 0 Å². The van der Waals surface area contributed by atoms with E-state index in [2.05, 4.69) is 21.8 Å². The first kappa shape index (κ1) is 8.38. The van der Waals surface area contributed by atoms with Gasteiger partial charge in [0.25, 0.3) is 0 Å². The molecule has 1 aromatic carbocycles. The fourth-order valence-corrected chi connectivity index (χ4v) is 2.81. The van der Waals surface area contributed by atoms with Crippen LogP contribution in [0.4, 0.5) is 0 Å². The number of fused-ring (bicyclic) bond motifs is 3. The summed E-state index contributed by atoms with van der Waals surface area (Å²) >= 11 is 1.60. The first-order valence-corrected chi connectivity index (χ1v) is 5.78. The van der Waals surface area contributed by atoms with E-state index in [1.165, 1.54) is 21.2 Å². The Hall–Kier alpha value is -0.930. The van der Waals surface area contributed by atoms with Crippen LogP contribution in [0, 0.1) is 0 Å². The fourth-order valence-electron chi connectivity index (χ4n) is 2.14. The molecule has 1 aliphatic rings. The molecule has 3 rings (SSSR count). The molecule has 0 fully saturated rings. The van der Waals surface area contributed by atoms with Gasteiger partial charge in [-0.1, -0.05) is 6.07 Å². The molecule has 2 aromatic rings. The molecule has 0 amide bonds. The predicted octanol–water partition coefficient (Wildman–Crippen LogP) is 1.98. The Balaban J connectivity index is 2.26. The summed E-state index contributed by atoms with van der Waals surface area (Å²) in [5.41, 5.74) is 3.02. The second-order valence-corrected chi connectivity index (χ2v) is 4.52. The Morgan fingerprint density at radius 1 is 1.21 bits per heavy atom. The Morgan fingerprint density at radius 3 is 3.14 bits per heavy atom. The standard InChI is InChI=1S/C11H12N2S/c1-2-11-10(7-13-14-11)9-4-6-12-5-3-8(1)9/h1-2,7,12H,3-6H2. The van der Waals surface area contributed by atoms with Crippen molar-refractivity contribution in [2.24, 2.45) is 0 Å². The molecular weight excluding hydrogens is 192 g/mol. The van der Waals surface area contributed by atoms with Crippen molar-refractivity contribution in [3.63, 3.8) is 0 Å². The van der Waals surface area contributed by atoms with Gasteiger partial charge in [-0.2, -0.15) is 4.37 Å². The van der Waals surface area contributed by atoms with Crippen LogP contribution in [-0.4, -0.2) is 17.5 Å². The van der Waals surface area contributed by atoms with Crippen LogP contribution in [0.3, 0.4) is 0 Å². The molecule has 0 aliphatic carbocycles. The van der Waals surface area contributed by atoms with Gasteiger partial charge in [0.2, 0.25) is 0 Å². The molecular formula is C11H12N2S. The van der Waals surface area contributed by atoms with Gasteiger partial charge in [-0.25, -0.2) is 0 Å². The molecule has 2 heterocycles. The first-order valence-electron chi connectivity index (χ1n) is 5.01. The number of aromatic nitrogens is 1. The van der Waals surface area contributed by atoms with Crippen LogP contribution in [0.5, 0.6) is 0 Å². The highest BCUT2D eigenvalue weighted by Gasteiger charge is 2.11. The quantitative estimate of drug-likeness (QED) is 0.710. The molecule has 72 valence electrons. The first-order chi connectivity index (χ1) is 6.95.